The van der Waals surface area contributed by atoms with E-state index in [0.29, 0.717) is 17.9 Å². The number of nitrogen functional groups attached to an aromatic ring is 1. The fourth-order valence-corrected chi connectivity index (χ4v) is 1.79. The summed E-state index contributed by atoms with van der Waals surface area (Å²) in [5, 5.41) is 9.15. The molecule has 5 nitrogen and oxygen atoms in total. The predicted molar refractivity (Wildman–Crippen MR) is 68.6 cm³/mol. The molecule has 0 aliphatic rings. The van der Waals surface area contributed by atoms with Gasteiger partial charge in [-0.1, -0.05) is 0 Å². The van der Waals surface area contributed by atoms with Gasteiger partial charge in [-0.15, -0.1) is 0 Å². The summed E-state index contributed by atoms with van der Waals surface area (Å²) in [5.74, 6) is -0.968. The first-order valence-corrected chi connectivity index (χ1v) is 5.43. The Hall–Kier alpha value is -2.43. The number of carboxylic acid groups (broad SMARTS) is 1. The number of aromatic carboxylic acids is 1. The van der Waals surface area contributed by atoms with E-state index in [-0.39, 0.29) is 5.56 Å². The number of rotatable bonds is 4. The molecule has 0 aliphatic carbocycles. The van der Waals surface area contributed by atoms with Crippen molar-refractivity contribution in [2.75, 3.05) is 17.7 Å². The molecule has 0 bridgehead atoms. The second-order valence-electron chi connectivity index (χ2n) is 4.07. The smallest absolute Gasteiger partial charge is 0.337 e. The maximum atomic E-state index is 11.2. The lowest BCUT2D eigenvalue weighted by Gasteiger charge is -2.20. The summed E-state index contributed by atoms with van der Waals surface area (Å²) in [5.41, 5.74) is 8.02. The molecule has 2 aromatic rings. The van der Waals surface area contributed by atoms with Gasteiger partial charge in [-0.2, -0.15) is 0 Å². The van der Waals surface area contributed by atoms with Gasteiger partial charge in [-0.25, -0.2) is 4.79 Å². The van der Waals surface area contributed by atoms with Gasteiger partial charge in [0.2, 0.25) is 0 Å². The summed E-state index contributed by atoms with van der Waals surface area (Å²) in [7, 11) is 1.81. The second kappa shape index (κ2) is 4.83. The Labute approximate surface area is 104 Å². The normalized spacial score (nSPS) is 10.3. The Kier molecular flexibility index (Phi) is 3.23. The monoisotopic (exact) mass is 246 g/mol. The van der Waals surface area contributed by atoms with Gasteiger partial charge in [0.25, 0.3) is 0 Å². The summed E-state index contributed by atoms with van der Waals surface area (Å²) in [6, 6.07) is 6.59. The zero-order chi connectivity index (χ0) is 13.1. The first kappa shape index (κ1) is 12.0. The first-order valence-electron chi connectivity index (χ1n) is 5.43. The fourth-order valence-electron chi connectivity index (χ4n) is 1.79. The minimum Gasteiger partial charge on any atom is -0.478 e. The van der Waals surface area contributed by atoms with Crippen LogP contribution in [0.1, 0.15) is 15.9 Å². The molecular weight excluding hydrogens is 232 g/mol. The van der Waals surface area contributed by atoms with E-state index in [1.54, 1.807) is 24.7 Å². The van der Waals surface area contributed by atoms with E-state index in [1.807, 2.05) is 18.0 Å². The van der Waals surface area contributed by atoms with Crippen LogP contribution in [0.4, 0.5) is 11.4 Å². The van der Waals surface area contributed by atoms with Gasteiger partial charge >= 0.3 is 5.97 Å². The average molecular weight is 246 g/mol. The third-order valence-corrected chi connectivity index (χ3v) is 2.66. The third-order valence-electron chi connectivity index (χ3n) is 2.66. The molecule has 0 atom stereocenters. The molecule has 0 saturated carbocycles. The lowest BCUT2D eigenvalue weighted by atomic mass is 10.1. The zero-order valence-electron chi connectivity index (χ0n) is 9.96. The molecule has 0 spiro atoms. The molecule has 3 N–H and O–H groups in total. The van der Waals surface area contributed by atoms with Crippen LogP contribution in [0.2, 0.25) is 0 Å². The van der Waals surface area contributed by atoms with E-state index in [2.05, 4.69) is 0 Å². The van der Waals surface area contributed by atoms with E-state index in [0.717, 1.165) is 5.56 Å². The van der Waals surface area contributed by atoms with Gasteiger partial charge in [0.1, 0.15) is 0 Å². The van der Waals surface area contributed by atoms with Crippen LogP contribution >= 0.6 is 0 Å². The molecule has 0 aliphatic heterocycles. The predicted octanol–water partition coefficient (Wildman–Crippen LogP) is 2.20. The van der Waals surface area contributed by atoms with Gasteiger partial charge in [-0.3, -0.25) is 0 Å². The van der Waals surface area contributed by atoms with Crippen LogP contribution in [0.25, 0.3) is 0 Å². The van der Waals surface area contributed by atoms with Crippen LogP contribution in [-0.2, 0) is 6.54 Å². The van der Waals surface area contributed by atoms with Crippen molar-refractivity contribution >= 4 is 17.3 Å². The number of benzene rings is 1. The van der Waals surface area contributed by atoms with Crippen molar-refractivity contribution in [1.29, 1.82) is 0 Å². The Morgan fingerprint density at radius 1 is 1.44 bits per heavy atom. The van der Waals surface area contributed by atoms with Crippen molar-refractivity contribution in [1.82, 2.24) is 0 Å². The Morgan fingerprint density at radius 2 is 2.22 bits per heavy atom. The lowest BCUT2D eigenvalue weighted by molar-refractivity contribution is 0.0697. The molecule has 0 amide bonds. The van der Waals surface area contributed by atoms with Crippen molar-refractivity contribution in [3.05, 3.63) is 47.9 Å². The van der Waals surface area contributed by atoms with Crippen molar-refractivity contribution < 1.29 is 14.3 Å². The Balaban J connectivity index is 2.31. The average Bonchev–Trinajstić information content (AvgIpc) is 2.81. The summed E-state index contributed by atoms with van der Waals surface area (Å²) in [6.07, 6.45) is 3.21. The minimum atomic E-state index is -0.968. The maximum Gasteiger partial charge on any atom is 0.337 e. The number of hydrogen-bond acceptors (Lipinski definition) is 4. The fraction of sp³-hybridized carbons (Fsp3) is 0.154. The van der Waals surface area contributed by atoms with Crippen LogP contribution in [0, 0.1) is 0 Å². The van der Waals surface area contributed by atoms with E-state index >= 15 is 0 Å². The number of carboxylic acids is 1. The van der Waals surface area contributed by atoms with Crippen LogP contribution in [0.15, 0.2) is 41.2 Å². The third kappa shape index (κ3) is 2.45. The number of anilines is 2. The van der Waals surface area contributed by atoms with Crippen LogP contribution in [0.3, 0.4) is 0 Å². The standard InChI is InChI=1S/C13H14N2O3/c1-15(7-9-4-5-18-8-9)12-6-10(14)2-3-11(12)13(16)17/h2-6,8H,7,14H2,1H3,(H,16,17). The quantitative estimate of drug-likeness (QED) is 0.808. The second-order valence-corrected chi connectivity index (χ2v) is 4.07. The largest absolute Gasteiger partial charge is 0.478 e. The molecule has 1 aromatic carbocycles. The molecule has 5 heteroatoms. The highest BCUT2D eigenvalue weighted by Crippen LogP contribution is 2.24. The molecule has 18 heavy (non-hydrogen) atoms. The Morgan fingerprint density at radius 3 is 2.83 bits per heavy atom. The highest BCUT2D eigenvalue weighted by atomic mass is 16.4. The summed E-state index contributed by atoms with van der Waals surface area (Å²) < 4.78 is 4.98. The molecule has 0 fully saturated rings. The summed E-state index contributed by atoms with van der Waals surface area (Å²) >= 11 is 0. The zero-order valence-corrected chi connectivity index (χ0v) is 9.96. The molecule has 2 rings (SSSR count). The molecule has 94 valence electrons. The van der Waals surface area contributed by atoms with Crippen molar-refractivity contribution in [2.45, 2.75) is 6.54 Å². The number of furan rings is 1. The van der Waals surface area contributed by atoms with Crippen molar-refractivity contribution in [3.63, 3.8) is 0 Å². The SMILES string of the molecule is CN(Cc1ccoc1)c1cc(N)ccc1C(=O)O. The molecule has 1 aromatic heterocycles. The van der Waals surface area contributed by atoms with Gasteiger partial charge in [0.05, 0.1) is 23.8 Å². The molecule has 0 unspecified atom stereocenters. The minimum absolute atomic E-state index is 0.232. The molecular formula is C13H14N2O3. The van der Waals surface area contributed by atoms with Gasteiger partial charge in [0, 0.05) is 24.8 Å². The summed E-state index contributed by atoms with van der Waals surface area (Å²) in [6.45, 7) is 0.556. The molecule has 0 radical (unpaired) electrons. The lowest BCUT2D eigenvalue weighted by Crippen LogP contribution is -2.19. The van der Waals surface area contributed by atoms with Crippen LogP contribution in [-0.4, -0.2) is 18.1 Å². The summed E-state index contributed by atoms with van der Waals surface area (Å²) in [4.78, 5) is 13.0. The topological polar surface area (TPSA) is 79.7 Å². The number of nitrogens with zero attached hydrogens (tertiary/aromatic N) is 1. The van der Waals surface area contributed by atoms with E-state index in [9.17, 15) is 4.79 Å². The highest BCUT2D eigenvalue weighted by Gasteiger charge is 2.14. The maximum absolute atomic E-state index is 11.2. The van der Waals surface area contributed by atoms with Gasteiger partial charge in [0.15, 0.2) is 0 Å². The van der Waals surface area contributed by atoms with Gasteiger partial charge in [-0.05, 0) is 24.3 Å². The highest BCUT2D eigenvalue weighted by molar-refractivity contribution is 5.95. The molecule has 1 heterocycles. The Bertz CT molecular complexity index is 549. The van der Waals surface area contributed by atoms with Gasteiger partial charge < -0.3 is 20.2 Å². The van der Waals surface area contributed by atoms with E-state index in [1.165, 1.54) is 6.07 Å². The number of nitrogens with two attached hydrogens (primary N) is 1. The van der Waals surface area contributed by atoms with Crippen LogP contribution in [0.5, 0.6) is 0 Å². The van der Waals surface area contributed by atoms with E-state index < -0.39 is 5.97 Å². The van der Waals surface area contributed by atoms with Crippen molar-refractivity contribution in [2.24, 2.45) is 0 Å². The van der Waals surface area contributed by atoms with Crippen molar-refractivity contribution in [3.8, 4) is 0 Å². The van der Waals surface area contributed by atoms with E-state index in [4.69, 9.17) is 15.3 Å². The molecule has 0 saturated heterocycles. The first-order chi connectivity index (χ1) is 8.58. The van der Waals surface area contributed by atoms with Crippen LogP contribution < -0.4 is 10.6 Å². The number of hydrogen-bond donors (Lipinski definition) is 2. The number of carbonyl (C=O) groups is 1.